The summed E-state index contributed by atoms with van der Waals surface area (Å²) < 4.78 is 32.0. The first-order valence-electron chi connectivity index (χ1n) is 5.65. The van der Waals surface area contributed by atoms with Gasteiger partial charge >= 0.3 is 16.2 Å². The molecule has 0 radical (unpaired) electrons. The average Bonchev–Trinajstić information content (AvgIpc) is 2.31. The maximum atomic E-state index is 12.0. The summed E-state index contributed by atoms with van der Waals surface area (Å²) in [7, 11) is -3.74. The summed E-state index contributed by atoms with van der Waals surface area (Å²) >= 11 is 6.02. The molecule has 1 aromatic carbocycles. The minimum Gasteiger partial charge on any atom is -0.465 e. The minimum atomic E-state index is -3.74. The number of benzene rings is 1. The van der Waals surface area contributed by atoms with E-state index in [0.29, 0.717) is 16.3 Å². The number of halogens is 1. The fourth-order valence-corrected chi connectivity index (χ4v) is 3.18. The summed E-state index contributed by atoms with van der Waals surface area (Å²) in [5.74, 6) is -0.594. The van der Waals surface area contributed by atoms with Crippen LogP contribution in [0.15, 0.2) is 18.2 Å². The number of carbonyl (C=O) groups is 1. The second kappa shape index (κ2) is 5.36. The van der Waals surface area contributed by atoms with E-state index in [1.54, 1.807) is 25.1 Å². The standard InChI is InChI=1S/C11H13ClN2O4S/c1-2-18-11(15)7-14-6-8-9(12)4-3-5-10(8)13-19(14,16)17/h3-5,13H,2,6-7H2,1H3. The Morgan fingerprint density at radius 1 is 1.53 bits per heavy atom. The Morgan fingerprint density at radius 2 is 2.26 bits per heavy atom. The van der Waals surface area contributed by atoms with Gasteiger partial charge in [0.2, 0.25) is 0 Å². The number of rotatable bonds is 3. The Labute approximate surface area is 116 Å². The van der Waals surface area contributed by atoms with Crippen molar-refractivity contribution in [3.63, 3.8) is 0 Å². The van der Waals surface area contributed by atoms with Crippen LogP contribution in [-0.2, 0) is 26.3 Å². The highest BCUT2D eigenvalue weighted by Gasteiger charge is 2.31. The van der Waals surface area contributed by atoms with Crippen molar-refractivity contribution >= 4 is 33.5 Å². The van der Waals surface area contributed by atoms with Gasteiger partial charge in [-0.15, -0.1) is 0 Å². The average molecular weight is 305 g/mol. The van der Waals surface area contributed by atoms with E-state index < -0.39 is 16.2 Å². The first-order valence-corrected chi connectivity index (χ1v) is 7.46. The van der Waals surface area contributed by atoms with Crippen molar-refractivity contribution in [2.24, 2.45) is 0 Å². The highest BCUT2D eigenvalue weighted by molar-refractivity contribution is 7.90. The van der Waals surface area contributed by atoms with Crippen molar-refractivity contribution in [3.8, 4) is 0 Å². The van der Waals surface area contributed by atoms with Crippen LogP contribution in [0.3, 0.4) is 0 Å². The number of hydrogen-bond donors (Lipinski definition) is 1. The van der Waals surface area contributed by atoms with Crippen molar-refractivity contribution in [2.75, 3.05) is 17.9 Å². The number of fused-ring (bicyclic) bond motifs is 1. The molecule has 1 aliphatic rings. The van der Waals surface area contributed by atoms with E-state index >= 15 is 0 Å². The number of anilines is 1. The molecule has 19 heavy (non-hydrogen) atoms. The summed E-state index contributed by atoms with van der Waals surface area (Å²) in [6.45, 7) is 1.57. The van der Waals surface area contributed by atoms with Gasteiger partial charge in [0.15, 0.2) is 0 Å². The van der Waals surface area contributed by atoms with Gasteiger partial charge in [-0.05, 0) is 19.1 Å². The first-order chi connectivity index (χ1) is 8.94. The van der Waals surface area contributed by atoms with E-state index in [2.05, 4.69) is 4.72 Å². The molecule has 104 valence electrons. The monoisotopic (exact) mass is 304 g/mol. The minimum absolute atomic E-state index is 0.0448. The molecule has 0 unspecified atom stereocenters. The largest absolute Gasteiger partial charge is 0.465 e. The second-order valence-corrected chi connectivity index (χ2v) is 6.02. The maximum Gasteiger partial charge on any atom is 0.321 e. The maximum absolute atomic E-state index is 12.0. The van der Waals surface area contributed by atoms with Crippen molar-refractivity contribution in [2.45, 2.75) is 13.5 Å². The van der Waals surface area contributed by atoms with Gasteiger partial charge in [-0.25, -0.2) is 0 Å². The van der Waals surface area contributed by atoms with Crippen LogP contribution in [0.4, 0.5) is 5.69 Å². The van der Waals surface area contributed by atoms with Gasteiger partial charge in [0.25, 0.3) is 0 Å². The quantitative estimate of drug-likeness (QED) is 0.856. The van der Waals surface area contributed by atoms with Crippen LogP contribution in [0.2, 0.25) is 5.02 Å². The van der Waals surface area contributed by atoms with E-state index in [1.165, 1.54) is 0 Å². The van der Waals surface area contributed by atoms with Gasteiger partial charge in [-0.3, -0.25) is 9.52 Å². The molecule has 0 saturated carbocycles. The van der Waals surface area contributed by atoms with E-state index in [9.17, 15) is 13.2 Å². The van der Waals surface area contributed by atoms with Crippen LogP contribution < -0.4 is 4.72 Å². The van der Waals surface area contributed by atoms with Crippen molar-refractivity contribution in [1.29, 1.82) is 0 Å². The Balaban J connectivity index is 2.27. The van der Waals surface area contributed by atoms with Crippen LogP contribution in [0.25, 0.3) is 0 Å². The third-order valence-electron chi connectivity index (χ3n) is 2.64. The van der Waals surface area contributed by atoms with Crippen LogP contribution in [0.1, 0.15) is 12.5 Å². The number of esters is 1. The predicted octanol–water partition coefficient (Wildman–Crippen LogP) is 1.38. The summed E-state index contributed by atoms with van der Waals surface area (Å²) in [5.41, 5.74) is 1.08. The van der Waals surface area contributed by atoms with Gasteiger partial charge in [-0.2, -0.15) is 12.7 Å². The summed E-state index contributed by atoms with van der Waals surface area (Å²) in [5, 5.41) is 0.453. The third kappa shape index (κ3) is 2.99. The summed E-state index contributed by atoms with van der Waals surface area (Å²) in [6.07, 6.45) is 0. The Bertz CT molecular complexity index is 603. The molecule has 1 heterocycles. The van der Waals surface area contributed by atoms with Crippen molar-refractivity contribution < 1.29 is 17.9 Å². The van der Waals surface area contributed by atoms with Crippen LogP contribution in [0, 0.1) is 0 Å². The Kier molecular flexibility index (Phi) is 3.98. The molecule has 0 spiro atoms. The zero-order valence-corrected chi connectivity index (χ0v) is 11.8. The lowest BCUT2D eigenvalue weighted by Gasteiger charge is -2.28. The zero-order valence-electron chi connectivity index (χ0n) is 10.2. The highest BCUT2D eigenvalue weighted by atomic mass is 35.5. The Hall–Kier alpha value is -1.31. The molecule has 0 fully saturated rings. The van der Waals surface area contributed by atoms with E-state index in [1.807, 2.05) is 0 Å². The number of nitrogens with zero attached hydrogens (tertiary/aromatic N) is 1. The molecular formula is C11H13ClN2O4S. The van der Waals surface area contributed by atoms with Crippen LogP contribution in [-0.4, -0.2) is 31.8 Å². The van der Waals surface area contributed by atoms with Crippen molar-refractivity contribution in [3.05, 3.63) is 28.8 Å². The highest BCUT2D eigenvalue weighted by Crippen LogP contribution is 2.31. The molecule has 0 amide bonds. The lowest BCUT2D eigenvalue weighted by atomic mass is 10.2. The molecule has 0 saturated heterocycles. The lowest BCUT2D eigenvalue weighted by molar-refractivity contribution is -0.143. The molecule has 0 atom stereocenters. The second-order valence-electron chi connectivity index (χ2n) is 3.95. The molecular weight excluding hydrogens is 292 g/mol. The smallest absolute Gasteiger partial charge is 0.321 e. The molecule has 0 aliphatic carbocycles. The number of carbonyl (C=O) groups excluding carboxylic acids is 1. The van der Waals surface area contributed by atoms with Gasteiger partial charge in [0.05, 0.1) is 12.3 Å². The van der Waals surface area contributed by atoms with Gasteiger partial charge in [0, 0.05) is 17.1 Å². The van der Waals surface area contributed by atoms with E-state index in [0.717, 1.165) is 4.31 Å². The SMILES string of the molecule is CCOC(=O)CN1Cc2c(Cl)cccc2NS1(=O)=O. The molecule has 1 aromatic rings. The third-order valence-corrected chi connectivity index (χ3v) is 4.41. The Morgan fingerprint density at radius 3 is 2.95 bits per heavy atom. The fourth-order valence-electron chi connectivity index (χ4n) is 1.77. The molecule has 0 aromatic heterocycles. The number of hydrogen-bond acceptors (Lipinski definition) is 4. The summed E-state index contributed by atoms with van der Waals surface area (Å²) in [4.78, 5) is 11.4. The molecule has 8 heteroatoms. The van der Waals surface area contributed by atoms with Crippen molar-refractivity contribution in [1.82, 2.24) is 4.31 Å². The van der Waals surface area contributed by atoms with E-state index in [-0.39, 0.29) is 19.7 Å². The fraction of sp³-hybridized carbons (Fsp3) is 0.364. The number of ether oxygens (including phenoxy) is 1. The molecule has 2 rings (SSSR count). The lowest BCUT2D eigenvalue weighted by Crippen LogP contribution is -2.42. The van der Waals surface area contributed by atoms with Gasteiger partial charge in [0.1, 0.15) is 6.54 Å². The predicted molar refractivity (Wildman–Crippen MR) is 71.0 cm³/mol. The van der Waals surface area contributed by atoms with Crippen LogP contribution in [0.5, 0.6) is 0 Å². The molecule has 6 nitrogen and oxygen atoms in total. The van der Waals surface area contributed by atoms with Gasteiger partial charge < -0.3 is 4.74 Å². The topological polar surface area (TPSA) is 75.7 Å². The van der Waals surface area contributed by atoms with E-state index in [4.69, 9.17) is 16.3 Å². The molecule has 1 N–H and O–H groups in total. The molecule has 0 bridgehead atoms. The first kappa shape index (κ1) is 14.1. The normalized spacial score (nSPS) is 17.4. The zero-order chi connectivity index (χ0) is 14.0. The number of nitrogens with one attached hydrogen (secondary N) is 1. The van der Waals surface area contributed by atoms with Gasteiger partial charge in [-0.1, -0.05) is 17.7 Å². The summed E-state index contributed by atoms with van der Waals surface area (Å²) in [6, 6.07) is 4.95. The van der Waals surface area contributed by atoms with Crippen LogP contribution >= 0.6 is 11.6 Å². The molecule has 1 aliphatic heterocycles.